The van der Waals surface area contributed by atoms with E-state index in [1.807, 2.05) is 26.0 Å². The summed E-state index contributed by atoms with van der Waals surface area (Å²) in [5.41, 5.74) is 8.98. The van der Waals surface area contributed by atoms with Crippen molar-refractivity contribution < 1.29 is 0 Å². The van der Waals surface area contributed by atoms with Gasteiger partial charge in [0.05, 0.1) is 21.3 Å². The summed E-state index contributed by atoms with van der Waals surface area (Å²) in [4.78, 5) is 4.73. The summed E-state index contributed by atoms with van der Waals surface area (Å²) in [6.45, 7) is 3.84. The lowest BCUT2D eigenvalue weighted by Crippen LogP contribution is -2.15. The molecule has 0 radical (unpaired) electrons. The van der Waals surface area contributed by atoms with Crippen molar-refractivity contribution in [1.82, 2.24) is 4.98 Å². The van der Waals surface area contributed by atoms with E-state index in [1.165, 1.54) is 0 Å². The lowest BCUT2D eigenvalue weighted by molar-refractivity contribution is 1.17. The Morgan fingerprint density at radius 3 is 2.65 bits per heavy atom. The van der Waals surface area contributed by atoms with Crippen LogP contribution in [0.5, 0.6) is 0 Å². The van der Waals surface area contributed by atoms with Crippen LogP contribution < -0.4 is 11.1 Å². The molecule has 1 aromatic carbocycles. The minimum Gasteiger partial charge on any atom is -0.389 e. The van der Waals surface area contributed by atoms with Crippen LogP contribution in [0.25, 0.3) is 0 Å². The molecule has 20 heavy (non-hydrogen) atoms. The molecule has 1 heterocycles. The zero-order chi connectivity index (χ0) is 14.9. The van der Waals surface area contributed by atoms with Gasteiger partial charge in [-0.1, -0.05) is 41.5 Å². The second-order valence-electron chi connectivity index (χ2n) is 4.39. The van der Waals surface area contributed by atoms with E-state index in [0.29, 0.717) is 27.1 Å². The molecule has 0 atom stereocenters. The number of pyridine rings is 1. The monoisotopic (exact) mass is 325 g/mol. The third-order valence-corrected chi connectivity index (χ3v) is 3.82. The first kappa shape index (κ1) is 15.0. The van der Waals surface area contributed by atoms with E-state index in [2.05, 4.69) is 10.3 Å². The second kappa shape index (κ2) is 5.95. The maximum absolute atomic E-state index is 6.17. The van der Waals surface area contributed by atoms with E-state index in [1.54, 1.807) is 12.1 Å². The van der Waals surface area contributed by atoms with Crippen LogP contribution >= 0.6 is 35.4 Å². The van der Waals surface area contributed by atoms with Gasteiger partial charge < -0.3 is 11.1 Å². The molecule has 0 aliphatic rings. The average Bonchev–Trinajstić information content (AvgIpc) is 2.33. The number of anilines is 2. The summed E-state index contributed by atoms with van der Waals surface area (Å²) in [5, 5.41) is 4.05. The fourth-order valence-electron chi connectivity index (χ4n) is 1.97. The van der Waals surface area contributed by atoms with Gasteiger partial charge in [0.15, 0.2) is 0 Å². The smallest absolute Gasteiger partial charge is 0.141 e. The topological polar surface area (TPSA) is 50.9 Å². The lowest BCUT2D eigenvalue weighted by atomic mass is 10.1. The van der Waals surface area contributed by atoms with Gasteiger partial charge in [-0.25, -0.2) is 4.98 Å². The average molecular weight is 326 g/mol. The molecule has 0 saturated carbocycles. The van der Waals surface area contributed by atoms with E-state index in [-0.39, 0.29) is 4.99 Å². The van der Waals surface area contributed by atoms with Gasteiger partial charge in [0.1, 0.15) is 10.8 Å². The van der Waals surface area contributed by atoms with Crippen LogP contribution in [0.1, 0.15) is 16.8 Å². The third kappa shape index (κ3) is 3.03. The summed E-state index contributed by atoms with van der Waals surface area (Å²) >= 11 is 17.3. The van der Waals surface area contributed by atoms with Gasteiger partial charge in [-0.2, -0.15) is 0 Å². The number of nitrogens with one attached hydrogen (secondary N) is 1. The molecule has 0 amide bonds. The Balaban J connectivity index is 2.53. The quantitative estimate of drug-likeness (QED) is 0.822. The lowest BCUT2D eigenvalue weighted by Gasteiger charge is -2.15. The van der Waals surface area contributed by atoms with E-state index < -0.39 is 0 Å². The standard InChI is InChI=1S/C14H13Cl2N3S/c1-7-6-8(2)18-14(11(7)13(17)20)19-10-5-3-4-9(15)12(10)16/h3-6H,1-2H3,(H2,17,20)(H,18,19). The predicted molar refractivity (Wildman–Crippen MR) is 89.3 cm³/mol. The molecular formula is C14H13Cl2N3S. The Kier molecular flexibility index (Phi) is 4.48. The number of aromatic nitrogens is 1. The normalized spacial score (nSPS) is 10.4. The third-order valence-electron chi connectivity index (χ3n) is 2.80. The number of nitrogens with two attached hydrogens (primary N) is 1. The Morgan fingerprint density at radius 1 is 1.30 bits per heavy atom. The molecule has 3 nitrogen and oxygen atoms in total. The summed E-state index contributed by atoms with van der Waals surface area (Å²) in [7, 11) is 0. The van der Waals surface area contributed by atoms with Crippen LogP contribution in [-0.4, -0.2) is 9.97 Å². The molecule has 6 heteroatoms. The number of hydrogen-bond donors (Lipinski definition) is 2. The summed E-state index contributed by atoms with van der Waals surface area (Å²) < 4.78 is 0. The van der Waals surface area contributed by atoms with Crippen LogP contribution in [0, 0.1) is 13.8 Å². The molecule has 0 saturated heterocycles. The van der Waals surface area contributed by atoms with Crippen LogP contribution in [0.4, 0.5) is 11.5 Å². The number of thiocarbonyl (C=S) groups is 1. The first-order valence-electron chi connectivity index (χ1n) is 5.89. The molecule has 0 aliphatic heterocycles. The summed E-state index contributed by atoms with van der Waals surface area (Å²) in [6.07, 6.45) is 0. The van der Waals surface area contributed by atoms with Crippen molar-refractivity contribution in [3.05, 3.63) is 51.1 Å². The molecule has 2 aromatic rings. The van der Waals surface area contributed by atoms with Gasteiger partial charge >= 0.3 is 0 Å². The van der Waals surface area contributed by atoms with Gasteiger partial charge in [-0.05, 0) is 37.6 Å². The highest BCUT2D eigenvalue weighted by molar-refractivity contribution is 7.80. The van der Waals surface area contributed by atoms with Crippen molar-refractivity contribution in [2.45, 2.75) is 13.8 Å². The Bertz CT molecular complexity index is 686. The highest BCUT2D eigenvalue weighted by atomic mass is 35.5. The van der Waals surface area contributed by atoms with Crippen LogP contribution in [-0.2, 0) is 0 Å². The molecule has 104 valence electrons. The van der Waals surface area contributed by atoms with Gasteiger partial charge in [0, 0.05) is 5.69 Å². The van der Waals surface area contributed by atoms with Crippen LogP contribution in [0.3, 0.4) is 0 Å². The Hall–Kier alpha value is -1.36. The van der Waals surface area contributed by atoms with Crippen molar-refractivity contribution in [3.63, 3.8) is 0 Å². The minimum absolute atomic E-state index is 0.288. The van der Waals surface area contributed by atoms with Gasteiger partial charge in [-0.3, -0.25) is 0 Å². The van der Waals surface area contributed by atoms with Crippen molar-refractivity contribution in [2.75, 3.05) is 5.32 Å². The Morgan fingerprint density at radius 2 is 2.00 bits per heavy atom. The van der Waals surface area contributed by atoms with E-state index in [9.17, 15) is 0 Å². The number of hydrogen-bond acceptors (Lipinski definition) is 3. The van der Waals surface area contributed by atoms with Crippen molar-refractivity contribution >= 4 is 51.9 Å². The number of aryl methyl sites for hydroxylation is 2. The summed E-state index contributed by atoms with van der Waals surface area (Å²) in [5.74, 6) is 0.583. The highest BCUT2D eigenvalue weighted by Gasteiger charge is 2.13. The first-order valence-corrected chi connectivity index (χ1v) is 7.05. The van der Waals surface area contributed by atoms with Gasteiger partial charge in [0.25, 0.3) is 0 Å². The molecule has 0 fully saturated rings. The van der Waals surface area contributed by atoms with Gasteiger partial charge in [0.2, 0.25) is 0 Å². The number of halogens is 2. The minimum atomic E-state index is 0.288. The maximum atomic E-state index is 6.17. The van der Waals surface area contributed by atoms with E-state index >= 15 is 0 Å². The van der Waals surface area contributed by atoms with E-state index in [0.717, 1.165) is 11.3 Å². The zero-order valence-corrected chi connectivity index (χ0v) is 13.3. The fourth-order valence-corrected chi connectivity index (χ4v) is 2.57. The van der Waals surface area contributed by atoms with Crippen LogP contribution in [0.15, 0.2) is 24.3 Å². The predicted octanol–water partition coefficient (Wildman–Crippen LogP) is 4.38. The highest BCUT2D eigenvalue weighted by Crippen LogP contribution is 2.32. The molecule has 0 spiro atoms. The number of benzene rings is 1. The molecule has 0 bridgehead atoms. The maximum Gasteiger partial charge on any atom is 0.141 e. The zero-order valence-electron chi connectivity index (χ0n) is 11.0. The molecule has 0 aliphatic carbocycles. The first-order chi connectivity index (χ1) is 9.40. The largest absolute Gasteiger partial charge is 0.389 e. The SMILES string of the molecule is Cc1cc(C)c(C(N)=S)c(Nc2cccc(Cl)c2Cl)n1. The summed E-state index contributed by atoms with van der Waals surface area (Å²) in [6, 6.07) is 7.27. The van der Waals surface area contributed by atoms with Gasteiger partial charge in [-0.15, -0.1) is 0 Å². The van der Waals surface area contributed by atoms with Crippen molar-refractivity contribution in [3.8, 4) is 0 Å². The molecule has 1 aromatic heterocycles. The molecule has 3 N–H and O–H groups in total. The Labute approximate surface area is 133 Å². The number of nitrogens with zero attached hydrogens (tertiary/aromatic N) is 1. The van der Waals surface area contributed by atoms with Crippen LogP contribution in [0.2, 0.25) is 10.0 Å². The molecule has 2 rings (SSSR count). The fraction of sp³-hybridized carbons (Fsp3) is 0.143. The van der Waals surface area contributed by atoms with Crippen molar-refractivity contribution in [2.24, 2.45) is 5.73 Å². The molecule has 0 unspecified atom stereocenters. The molecular weight excluding hydrogens is 313 g/mol. The van der Waals surface area contributed by atoms with E-state index in [4.69, 9.17) is 41.2 Å². The second-order valence-corrected chi connectivity index (χ2v) is 5.62. The van der Waals surface area contributed by atoms with Crippen molar-refractivity contribution in [1.29, 1.82) is 0 Å². The number of rotatable bonds is 3.